The van der Waals surface area contributed by atoms with E-state index in [-0.39, 0.29) is 16.7 Å². The molecule has 19 heavy (non-hydrogen) atoms. The van der Waals surface area contributed by atoms with Crippen molar-refractivity contribution >= 4 is 23.3 Å². The molecule has 1 aromatic carbocycles. The number of halogens is 1. The van der Waals surface area contributed by atoms with Crippen LogP contribution < -0.4 is 5.32 Å². The van der Waals surface area contributed by atoms with E-state index < -0.39 is 5.97 Å². The molecule has 0 atom stereocenters. The summed E-state index contributed by atoms with van der Waals surface area (Å²) in [6.45, 7) is 0.829. The van der Waals surface area contributed by atoms with Crippen molar-refractivity contribution in [3.05, 3.63) is 28.8 Å². The number of anilines is 1. The Kier molecular flexibility index (Phi) is 4.66. The molecule has 0 spiro atoms. The smallest absolute Gasteiger partial charge is 0.337 e. The third kappa shape index (κ3) is 3.85. The van der Waals surface area contributed by atoms with E-state index in [2.05, 4.69) is 5.32 Å². The van der Waals surface area contributed by atoms with Crippen LogP contribution in [0.2, 0.25) is 5.02 Å². The summed E-state index contributed by atoms with van der Waals surface area (Å²) in [5.41, 5.74) is 0.953. The molecule has 3 N–H and O–H groups in total. The molecule has 1 saturated carbocycles. The van der Waals surface area contributed by atoms with Crippen molar-refractivity contribution in [2.45, 2.75) is 31.8 Å². The molecule has 0 bridgehead atoms. The summed E-state index contributed by atoms with van der Waals surface area (Å²) >= 11 is 5.91. The van der Waals surface area contributed by atoms with Gasteiger partial charge in [-0.3, -0.25) is 0 Å². The number of benzene rings is 1. The van der Waals surface area contributed by atoms with Crippen LogP contribution in [0, 0.1) is 5.92 Å². The van der Waals surface area contributed by atoms with Gasteiger partial charge in [-0.25, -0.2) is 4.79 Å². The Morgan fingerprint density at radius 2 is 2.00 bits per heavy atom. The lowest BCUT2D eigenvalue weighted by Gasteiger charge is -2.25. The number of aromatic carboxylic acids is 1. The number of aliphatic hydroxyl groups is 1. The molecular formula is C14H18ClNO3. The van der Waals surface area contributed by atoms with Crippen molar-refractivity contribution in [2.24, 2.45) is 5.92 Å². The molecule has 1 aromatic rings. The fourth-order valence-corrected chi connectivity index (χ4v) is 2.67. The lowest BCUT2D eigenvalue weighted by atomic mass is 9.87. The van der Waals surface area contributed by atoms with Crippen LogP contribution in [-0.2, 0) is 0 Å². The second-order valence-corrected chi connectivity index (χ2v) is 5.46. The van der Waals surface area contributed by atoms with E-state index in [1.54, 1.807) is 12.1 Å². The van der Waals surface area contributed by atoms with Crippen molar-refractivity contribution < 1.29 is 15.0 Å². The van der Waals surface area contributed by atoms with Gasteiger partial charge in [0.2, 0.25) is 0 Å². The summed E-state index contributed by atoms with van der Waals surface area (Å²) in [4.78, 5) is 10.8. The Labute approximate surface area is 117 Å². The molecule has 1 aliphatic carbocycles. The van der Waals surface area contributed by atoms with Crippen molar-refractivity contribution in [3.63, 3.8) is 0 Å². The van der Waals surface area contributed by atoms with Crippen LogP contribution in [0.3, 0.4) is 0 Å². The number of hydrogen-bond acceptors (Lipinski definition) is 3. The lowest BCUT2D eigenvalue weighted by molar-refractivity contribution is 0.0697. The van der Waals surface area contributed by atoms with Gasteiger partial charge in [-0.15, -0.1) is 0 Å². The van der Waals surface area contributed by atoms with Crippen molar-refractivity contribution in [2.75, 3.05) is 11.9 Å². The van der Waals surface area contributed by atoms with Gasteiger partial charge < -0.3 is 15.5 Å². The average Bonchev–Trinajstić information content (AvgIpc) is 2.37. The minimum Gasteiger partial charge on any atom is -0.478 e. The van der Waals surface area contributed by atoms with Crippen LogP contribution in [0.4, 0.5) is 5.69 Å². The third-order valence-electron chi connectivity index (χ3n) is 3.61. The molecule has 1 aliphatic rings. The molecule has 0 aliphatic heterocycles. The molecule has 0 aromatic heterocycles. The van der Waals surface area contributed by atoms with Crippen molar-refractivity contribution in [3.8, 4) is 0 Å². The topological polar surface area (TPSA) is 69.6 Å². The summed E-state index contributed by atoms with van der Waals surface area (Å²) in [6, 6.07) is 4.88. The standard InChI is InChI=1S/C14H18ClNO3/c15-13-7-10(3-6-12(13)14(18)19)16-8-9-1-4-11(17)5-2-9/h3,6-7,9,11,16-17H,1-2,4-5,8H2,(H,18,19). The van der Waals surface area contributed by atoms with Crippen LogP contribution in [-0.4, -0.2) is 28.8 Å². The van der Waals surface area contributed by atoms with Crippen LogP contribution in [0.15, 0.2) is 18.2 Å². The predicted molar refractivity (Wildman–Crippen MR) is 74.9 cm³/mol. The first kappa shape index (κ1) is 14.2. The Hall–Kier alpha value is -1.26. The SMILES string of the molecule is O=C(O)c1ccc(NCC2CCC(O)CC2)cc1Cl. The highest BCUT2D eigenvalue weighted by molar-refractivity contribution is 6.33. The largest absolute Gasteiger partial charge is 0.478 e. The normalized spacial score (nSPS) is 23.1. The quantitative estimate of drug-likeness (QED) is 0.794. The number of aliphatic hydroxyl groups excluding tert-OH is 1. The van der Waals surface area contributed by atoms with Gasteiger partial charge in [-0.05, 0) is 49.8 Å². The number of nitrogens with one attached hydrogen (secondary N) is 1. The first-order valence-electron chi connectivity index (χ1n) is 6.51. The molecule has 0 saturated heterocycles. The van der Waals surface area contributed by atoms with E-state index in [1.165, 1.54) is 6.07 Å². The molecule has 0 unspecified atom stereocenters. The summed E-state index contributed by atoms with van der Waals surface area (Å²) < 4.78 is 0. The lowest BCUT2D eigenvalue weighted by Crippen LogP contribution is -2.23. The maximum Gasteiger partial charge on any atom is 0.337 e. The summed E-state index contributed by atoms with van der Waals surface area (Å²) in [5, 5.41) is 21.8. The molecule has 0 amide bonds. The zero-order valence-electron chi connectivity index (χ0n) is 10.6. The highest BCUT2D eigenvalue weighted by Gasteiger charge is 2.19. The highest BCUT2D eigenvalue weighted by atomic mass is 35.5. The van der Waals surface area contributed by atoms with Crippen LogP contribution >= 0.6 is 11.6 Å². The van der Waals surface area contributed by atoms with Crippen LogP contribution in [0.5, 0.6) is 0 Å². The van der Waals surface area contributed by atoms with Gasteiger partial charge in [-0.2, -0.15) is 0 Å². The molecule has 1 fully saturated rings. The number of hydrogen-bond donors (Lipinski definition) is 3. The number of carboxylic acids is 1. The van der Waals surface area contributed by atoms with Gasteiger partial charge in [0.25, 0.3) is 0 Å². The Morgan fingerprint density at radius 3 is 2.58 bits per heavy atom. The van der Waals surface area contributed by atoms with Gasteiger partial charge in [0.1, 0.15) is 0 Å². The molecular weight excluding hydrogens is 266 g/mol. The van der Waals surface area contributed by atoms with E-state index >= 15 is 0 Å². The Morgan fingerprint density at radius 1 is 1.32 bits per heavy atom. The second-order valence-electron chi connectivity index (χ2n) is 5.06. The van der Waals surface area contributed by atoms with Gasteiger partial charge in [0, 0.05) is 12.2 Å². The number of rotatable bonds is 4. The maximum atomic E-state index is 10.8. The zero-order chi connectivity index (χ0) is 13.8. The highest BCUT2D eigenvalue weighted by Crippen LogP contribution is 2.26. The molecule has 104 valence electrons. The van der Waals surface area contributed by atoms with Crippen LogP contribution in [0.1, 0.15) is 36.0 Å². The van der Waals surface area contributed by atoms with Crippen molar-refractivity contribution in [1.82, 2.24) is 0 Å². The van der Waals surface area contributed by atoms with E-state index in [4.69, 9.17) is 16.7 Å². The minimum absolute atomic E-state index is 0.119. The monoisotopic (exact) mass is 283 g/mol. The van der Waals surface area contributed by atoms with Gasteiger partial charge in [-0.1, -0.05) is 11.6 Å². The van der Waals surface area contributed by atoms with E-state index in [9.17, 15) is 9.90 Å². The predicted octanol–water partition coefficient (Wildman–Crippen LogP) is 3.00. The fourth-order valence-electron chi connectivity index (χ4n) is 2.41. The number of carbonyl (C=O) groups is 1. The third-order valence-corrected chi connectivity index (χ3v) is 3.92. The van der Waals surface area contributed by atoms with Gasteiger partial charge in [0.15, 0.2) is 0 Å². The molecule has 5 heteroatoms. The van der Waals surface area contributed by atoms with Gasteiger partial charge >= 0.3 is 5.97 Å². The van der Waals surface area contributed by atoms with Gasteiger partial charge in [0.05, 0.1) is 16.7 Å². The summed E-state index contributed by atoms with van der Waals surface area (Å²) in [7, 11) is 0. The first-order valence-corrected chi connectivity index (χ1v) is 6.89. The molecule has 4 nitrogen and oxygen atoms in total. The maximum absolute atomic E-state index is 10.8. The summed E-state index contributed by atoms with van der Waals surface area (Å²) in [5.74, 6) is -0.459. The minimum atomic E-state index is -1.02. The summed E-state index contributed by atoms with van der Waals surface area (Å²) in [6.07, 6.45) is 3.64. The number of carboxylic acid groups (broad SMARTS) is 1. The van der Waals surface area contributed by atoms with E-state index in [0.29, 0.717) is 5.92 Å². The second kappa shape index (κ2) is 6.26. The van der Waals surface area contributed by atoms with Crippen molar-refractivity contribution in [1.29, 1.82) is 0 Å². The fraction of sp³-hybridized carbons (Fsp3) is 0.500. The molecule has 2 rings (SSSR count). The van der Waals surface area contributed by atoms with Crippen LogP contribution in [0.25, 0.3) is 0 Å². The Balaban J connectivity index is 1.89. The zero-order valence-corrected chi connectivity index (χ0v) is 11.4. The van der Waals surface area contributed by atoms with E-state index in [0.717, 1.165) is 37.9 Å². The average molecular weight is 284 g/mol. The molecule has 0 radical (unpaired) electrons. The Bertz CT molecular complexity index is 456. The van der Waals surface area contributed by atoms with E-state index in [1.807, 2.05) is 0 Å². The molecule has 0 heterocycles. The first-order chi connectivity index (χ1) is 9.06.